The highest BCUT2D eigenvalue weighted by molar-refractivity contribution is 5.86. The molecule has 0 aromatic carbocycles. The molecule has 6 heteroatoms. The lowest BCUT2D eigenvalue weighted by atomic mass is 10.1. The minimum Gasteiger partial charge on any atom is -0.378 e. The van der Waals surface area contributed by atoms with Crippen molar-refractivity contribution in [2.75, 3.05) is 39.4 Å². The molecule has 2 saturated heterocycles. The second kappa shape index (κ2) is 5.27. The first-order chi connectivity index (χ1) is 7.75. The van der Waals surface area contributed by atoms with Crippen molar-refractivity contribution in [3.63, 3.8) is 0 Å². The lowest BCUT2D eigenvalue weighted by Crippen LogP contribution is -2.52. The maximum atomic E-state index is 11.9. The molecule has 2 amide bonds. The molecule has 90 valence electrons. The van der Waals surface area contributed by atoms with Crippen molar-refractivity contribution >= 4 is 11.8 Å². The zero-order valence-electron chi connectivity index (χ0n) is 9.20. The monoisotopic (exact) mass is 227 g/mol. The summed E-state index contributed by atoms with van der Waals surface area (Å²) in [5, 5.41) is 5.92. The van der Waals surface area contributed by atoms with Crippen LogP contribution >= 0.6 is 0 Å². The Morgan fingerprint density at radius 2 is 2.38 bits per heavy atom. The third-order valence-corrected chi connectivity index (χ3v) is 2.81. The van der Waals surface area contributed by atoms with Gasteiger partial charge in [0.2, 0.25) is 11.8 Å². The maximum Gasteiger partial charge on any atom is 0.239 e. The molecule has 0 aromatic rings. The second-order valence-corrected chi connectivity index (χ2v) is 4.10. The third-order valence-electron chi connectivity index (χ3n) is 2.81. The Morgan fingerprint density at radius 3 is 3.06 bits per heavy atom. The van der Waals surface area contributed by atoms with Crippen LogP contribution in [-0.4, -0.2) is 62.1 Å². The van der Waals surface area contributed by atoms with Gasteiger partial charge in [-0.2, -0.15) is 0 Å². The zero-order chi connectivity index (χ0) is 11.4. The Bertz CT molecular complexity index is 276. The lowest BCUT2D eigenvalue weighted by molar-refractivity contribution is -0.139. The summed E-state index contributed by atoms with van der Waals surface area (Å²) in [6.07, 6.45) is 0.410. The van der Waals surface area contributed by atoms with Gasteiger partial charge in [0, 0.05) is 32.1 Å². The molecule has 2 aliphatic rings. The Balaban J connectivity index is 1.79. The Kier molecular flexibility index (Phi) is 3.74. The minimum atomic E-state index is -0.0764. The smallest absolute Gasteiger partial charge is 0.239 e. The van der Waals surface area contributed by atoms with Crippen LogP contribution in [0, 0.1) is 0 Å². The van der Waals surface area contributed by atoms with E-state index in [-0.39, 0.29) is 24.4 Å². The van der Waals surface area contributed by atoms with E-state index in [0.29, 0.717) is 32.7 Å². The van der Waals surface area contributed by atoms with E-state index in [1.54, 1.807) is 4.90 Å². The molecule has 1 atom stereocenters. The van der Waals surface area contributed by atoms with Crippen LogP contribution in [0.2, 0.25) is 0 Å². The number of carbonyl (C=O) groups is 2. The van der Waals surface area contributed by atoms with Crippen molar-refractivity contribution < 1.29 is 14.3 Å². The van der Waals surface area contributed by atoms with Crippen LogP contribution < -0.4 is 10.6 Å². The van der Waals surface area contributed by atoms with Crippen molar-refractivity contribution in [3.8, 4) is 0 Å². The van der Waals surface area contributed by atoms with E-state index in [4.69, 9.17) is 4.74 Å². The summed E-state index contributed by atoms with van der Waals surface area (Å²) in [5.74, 6) is -0.0506. The van der Waals surface area contributed by atoms with Crippen LogP contribution in [0.25, 0.3) is 0 Å². The molecule has 1 unspecified atom stereocenters. The van der Waals surface area contributed by atoms with Crippen molar-refractivity contribution in [2.45, 2.75) is 12.5 Å². The quantitative estimate of drug-likeness (QED) is 0.591. The average molecular weight is 227 g/mol. The highest BCUT2D eigenvalue weighted by Crippen LogP contribution is 2.04. The standard InChI is InChI=1S/C10H17N3O3/c14-9-6-13(3-1-12-9)10(15)5-8-7-16-4-2-11-8/h8,11H,1-7H2,(H,12,14). The average Bonchev–Trinajstić information content (AvgIpc) is 2.30. The molecule has 0 aromatic heterocycles. The van der Waals surface area contributed by atoms with E-state index in [1.165, 1.54) is 0 Å². The molecule has 0 bridgehead atoms. The van der Waals surface area contributed by atoms with Gasteiger partial charge in [0.15, 0.2) is 0 Å². The van der Waals surface area contributed by atoms with Crippen LogP contribution in [0.3, 0.4) is 0 Å². The third kappa shape index (κ3) is 2.93. The molecular weight excluding hydrogens is 210 g/mol. The fourth-order valence-corrected chi connectivity index (χ4v) is 1.94. The highest BCUT2D eigenvalue weighted by Gasteiger charge is 2.24. The number of nitrogens with one attached hydrogen (secondary N) is 2. The molecule has 2 aliphatic heterocycles. The number of hydrogen-bond donors (Lipinski definition) is 2. The number of amides is 2. The van der Waals surface area contributed by atoms with Crippen LogP contribution in [0.15, 0.2) is 0 Å². The van der Waals surface area contributed by atoms with Crippen LogP contribution in [-0.2, 0) is 14.3 Å². The van der Waals surface area contributed by atoms with Gasteiger partial charge in [-0.3, -0.25) is 9.59 Å². The van der Waals surface area contributed by atoms with Crippen molar-refractivity contribution in [2.24, 2.45) is 0 Å². The van der Waals surface area contributed by atoms with Gasteiger partial charge in [0.25, 0.3) is 0 Å². The predicted octanol–water partition coefficient (Wildman–Crippen LogP) is -1.68. The Morgan fingerprint density at radius 1 is 1.50 bits per heavy atom. The highest BCUT2D eigenvalue weighted by atomic mass is 16.5. The first kappa shape index (κ1) is 11.3. The van der Waals surface area contributed by atoms with Gasteiger partial charge < -0.3 is 20.3 Å². The fourth-order valence-electron chi connectivity index (χ4n) is 1.94. The molecular formula is C10H17N3O3. The van der Waals surface area contributed by atoms with Gasteiger partial charge in [-0.25, -0.2) is 0 Å². The van der Waals surface area contributed by atoms with E-state index in [1.807, 2.05) is 0 Å². The zero-order valence-corrected chi connectivity index (χ0v) is 9.20. The van der Waals surface area contributed by atoms with Crippen molar-refractivity contribution in [3.05, 3.63) is 0 Å². The Labute approximate surface area is 94.3 Å². The van der Waals surface area contributed by atoms with E-state index < -0.39 is 0 Å². The number of piperazine rings is 1. The minimum absolute atomic E-state index is 0.0258. The SMILES string of the molecule is O=C1CN(C(=O)CC2COCCN2)CCN1. The van der Waals surface area contributed by atoms with Gasteiger partial charge in [-0.1, -0.05) is 0 Å². The van der Waals surface area contributed by atoms with Crippen LogP contribution in [0.5, 0.6) is 0 Å². The summed E-state index contributed by atoms with van der Waals surface area (Å²) < 4.78 is 5.28. The molecule has 2 N–H and O–H groups in total. The number of nitrogens with zero attached hydrogens (tertiary/aromatic N) is 1. The van der Waals surface area contributed by atoms with E-state index in [2.05, 4.69) is 10.6 Å². The molecule has 0 radical (unpaired) electrons. The summed E-state index contributed by atoms with van der Waals surface area (Å²) in [7, 11) is 0. The van der Waals surface area contributed by atoms with Crippen molar-refractivity contribution in [1.82, 2.24) is 15.5 Å². The lowest BCUT2D eigenvalue weighted by Gasteiger charge is -2.29. The van der Waals surface area contributed by atoms with Gasteiger partial charge in [0.1, 0.15) is 0 Å². The molecule has 16 heavy (non-hydrogen) atoms. The number of morpholine rings is 1. The maximum absolute atomic E-state index is 11.9. The number of ether oxygens (including phenoxy) is 1. The predicted molar refractivity (Wildman–Crippen MR) is 56.8 cm³/mol. The number of hydrogen-bond acceptors (Lipinski definition) is 4. The molecule has 0 saturated carbocycles. The molecule has 2 rings (SSSR count). The Hall–Kier alpha value is -1.14. The summed E-state index contributed by atoms with van der Waals surface area (Å²) in [6.45, 7) is 3.42. The summed E-state index contributed by atoms with van der Waals surface area (Å²) >= 11 is 0. The largest absolute Gasteiger partial charge is 0.378 e. The normalized spacial score (nSPS) is 26.4. The van der Waals surface area contributed by atoms with Crippen molar-refractivity contribution in [1.29, 1.82) is 0 Å². The molecule has 0 aliphatic carbocycles. The van der Waals surface area contributed by atoms with Gasteiger partial charge in [-0.15, -0.1) is 0 Å². The van der Waals surface area contributed by atoms with E-state index in [0.717, 1.165) is 6.54 Å². The van der Waals surface area contributed by atoms with Gasteiger partial charge in [0.05, 0.1) is 19.8 Å². The second-order valence-electron chi connectivity index (χ2n) is 4.10. The van der Waals surface area contributed by atoms with Gasteiger partial charge >= 0.3 is 0 Å². The fraction of sp³-hybridized carbons (Fsp3) is 0.800. The number of rotatable bonds is 2. The van der Waals surface area contributed by atoms with Crippen LogP contribution in [0.1, 0.15) is 6.42 Å². The topological polar surface area (TPSA) is 70.7 Å². The molecule has 0 spiro atoms. The van der Waals surface area contributed by atoms with E-state index >= 15 is 0 Å². The van der Waals surface area contributed by atoms with Crippen LogP contribution in [0.4, 0.5) is 0 Å². The summed E-state index contributed by atoms with van der Waals surface area (Å²) in [6, 6.07) is 0.0891. The summed E-state index contributed by atoms with van der Waals surface area (Å²) in [5.41, 5.74) is 0. The molecule has 2 heterocycles. The number of carbonyl (C=O) groups excluding carboxylic acids is 2. The first-order valence-corrected chi connectivity index (χ1v) is 5.61. The molecule has 2 fully saturated rings. The summed E-state index contributed by atoms with van der Waals surface area (Å²) in [4.78, 5) is 24.6. The van der Waals surface area contributed by atoms with Gasteiger partial charge in [-0.05, 0) is 0 Å². The first-order valence-electron chi connectivity index (χ1n) is 5.61. The molecule has 6 nitrogen and oxygen atoms in total. The van der Waals surface area contributed by atoms with E-state index in [9.17, 15) is 9.59 Å².